The lowest BCUT2D eigenvalue weighted by molar-refractivity contribution is 0.0149. The Morgan fingerprint density at radius 3 is 2.66 bits per heavy atom. The van der Waals surface area contributed by atoms with Crippen LogP contribution >= 0.6 is 34.9 Å². The van der Waals surface area contributed by atoms with Crippen LogP contribution in [0.5, 0.6) is 0 Å². The SMILES string of the molecule is C[Si](C)(C)CCOCN1CC(O)(c2ccc3ccccc3c2)c2cc(Cl)sc2S1. The van der Waals surface area contributed by atoms with Crippen molar-refractivity contribution in [2.45, 2.75) is 35.5 Å². The standard InChI is InChI=1S/C22H26ClNO2S2Si/c1-29(2,3)11-10-26-15-24-14-22(25,19-13-20(23)27-21(19)28-24)18-9-8-16-6-4-5-7-17(16)12-18/h4-9,12-13,25H,10-11,14-15H2,1-3H3. The maximum Gasteiger partial charge on any atom is 0.130 e. The fraction of sp³-hybridized carbons (Fsp3) is 0.364. The van der Waals surface area contributed by atoms with E-state index in [-0.39, 0.29) is 0 Å². The Kier molecular flexibility index (Phi) is 6.15. The first-order valence-corrected chi connectivity index (χ1v) is 15.4. The fourth-order valence-electron chi connectivity index (χ4n) is 3.50. The molecule has 0 saturated heterocycles. The first-order chi connectivity index (χ1) is 13.7. The van der Waals surface area contributed by atoms with Gasteiger partial charge in [-0.05, 0) is 46.5 Å². The molecule has 1 N–H and O–H groups in total. The van der Waals surface area contributed by atoms with Crippen molar-refractivity contribution in [2.24, 2.45) is 0 Å². The fourth-order valence-corrected chi connectivity index (χ4v) is 7.10. The molecule has 4 rings (SSSR count). The minimum absolute atomic E-state index is 0.461. The summed E-state index contributed by atoms with van der Waals surface area (Å²) >= 11 is 9.48. The Hall–Kier alpha value is -0.863. The van der Waals surface area contributed by atoms with E-state index in [2.05, 4.69) is 48.2 Å². The summed E-state index contributed by atoms with van der Waals surface area (Å²) in [6.07, 6.45) is 0. The van der Waals surface area contributed by atoms with Crippen LogP contribution in [0.1, 0.15) is 11.1 Å². The van der Waals surface area contributed by atoms with Gasteiger partial charge in [0, 0.05) is 26.8 Å². The van der Waals surface area contributed by atoms with Gasteiger partial charge in [-0.2, -0.15) is 0 Å². The van der Waals surface area contributed by atoms with Crippen LogP contribution in [0, 0.1) is 0 Å². The molecule has 0 radical (unpaired) electrons. The molecule has 1 aliphatic heterocycles. The molecule has 1 aromatic heterocycles. The van der Waals surface area contributed by atoms with Crippen LogP contribution in [0.3, 0.4) is 0 Å². The van der Waals surface area contributed by atoms with Gasteiger partial charge in [-0.25, -0.2) is 4.31 Å². The predicted octanol–water partition coefficient (Wildman–Crippen LogP) is 6.43. The van der Waals surface area contributed by atoms with E-state index in [4.69, 9.17) is 16.3 Å². The number of thiophene rings is 1. The van der Waals surface area contributed by atoms with Crippen molar-refractivity contribution < 1.29 is 9.84 Å². The zero-order valence-corrected chi connectivity index (χ0v) is 20.3. The van der Waals surface area contributed by atoms with E-state index in [1.54, 1.807) is 11.9 Å². The van der Waals surface area contributed by atoms with Gasteiger partial charge in [-0.3, -0.25) is 0 Å². The van der Waals surface area contributed by atoms with Crippen LogP contribution in [-0.2, 0) is 10.3 Å². The number of hydrogen-bond acceptors (Lipinski definition) is 5. The van der Waals surface area contributed by atoms with Crippen molar-refractivity contribution in [2.75, 3.05) is 19.9 Å². The Balaban J connectivity index is 1.61. The number of hydrogen-bond donors (Lipinski definition) is 1. The molecule has 0 aliphatic carbocycles. The largest absolute Gasteiger partial charge is 0.379 e. The quantitative estimate of drug-likeness (QED) is 0.259. The lowest BCUT2D eigenvalue weighted by atomic mass is 9.86. The molecule has 3 nitrogen and oxygen atoms in total. The Morgan fingerprint density at radius 1 is 1.14 bits per heavy atom. The molecule has 1 aliphatic rings. The summed E-state index contributed by atoms with van der Waals surface area (Å²) in [6.45, 7) is 8.77. The zero-order chi connectivity index (χ0) is 20.6. The highest BCUT2D eigenvalue weighted by Gasteiger charge is 2.42. The molecule has 2 heterocycles. The van der Waals surface area contributed by atoms with Crippen molar-refractivity contribution in [3.63, 3.8) is 0 Å². The summed E-state index contributed by atoms with van der Waals surface area (Å²) in [7, 11) is -1.12. The Bertz CT molecular complexity index is 1020. The third kappa shape index (κ3) is 4.74. The van der Waals surface area contributed by atoms with Crippen molar-refractivity contribution in [3.8, 4) is 0 Å². The second kappa shape index (κ2) is 8.34. The number of ether oxygens (including phenoxy) is 1. The van der Waals surface area contributed by atoms with Crippen molar-refractivity contribution in [3.05, 3.63) is 64.0 Å². The van der Waals surface area contributed by atoms with Gasteiger partial charge in [0.2, 0.25) is 0 Å². The highest BCUT2D eigenvalue weighted by Crippen LogP contribution is 2.49. The second-order valence-corrected chi connectivity index (χ2v) is 17.4. The van der Waals surface area contributed by atoms with Crippen molar-refractivity contribution in [1.82, 2.24) is 4.31 Å². The number of benzene rings is 2. The summed E-state index contributed by atoms with van der Waals surface area (Å²) in [5.74, 6) is 0. The zero-order valence-electron chi connectivity index (χ0n) is 16.9. The number of rotatable bonds is 6. The maximum atomic E-state index is 11.9. The summed E-state index contributed by atoms with van der Waals surface area (Å²) < 4.78 is 9.81. The van der Waals surface area contributed by atoms with E-state index in [9.17, 15) is 5.11 Å². The van der Waals surface area contributed by atoms with Crippen molar-refractivity contribution in [1.29, 1.82) is 0 Å². The summed E-state index contributed by atoms with van der Waals surface area (Å²) in [5.41, 5.74) is 0.668. The van der Waals surface area contributed by atoms with E-state index >= 15 is 0 Å². The molecular formula is C22H26ClNO2S2Si. The number of halogens is 1. The van der Waals surface area contributed by atoms with Crippen LogP contribution in [0.25, 0.3) is 10.8 Å². The monoisotopic (exact) mass is 463 g/mol. The molecule has 1 unspecified atom stereocenters. The predicted molar refractivity (Wildman–Crippen MR) is 128 cm³/mol. The molecule has 2 aromatic carbocycles. The highest BCUT2D eigenvalue weighted by atomic mass is 35.5. The lowest BCUT2D eigenvalue weighted by Crippen LogP contribution is -2.43. The van der Waals surface area contributed by atoms with E-state index < -0.39 is 13.7 Å². The number of β-amino-alcohol motifs (C(OH)–C–C–N with tert-alkyl or cyclic N) is 1. The average molecular weight is 464 g/mol. The van der Waals surface area contributed by atoms with Gasteiger partial charge in [0.25, 0.3) is 0 Å². The molecule has 0 bridgehead atoms. The average Bonchev–Trinajstić information content (AvgIpc) is 3.05. The normalized spacial score (nSPS) is 20.2. The Morgan fingerprint density at radius 2 is 1.90 bits per heavy atom. The van der Waals surface area contributed by atoms with E-state index in [1.807, 2.05) is 24.3 Å². The number of nitrogens with zero attached hydrogens (tertiary/aromatic N) is 1. The summed E-state index contributed by atoms with van der Waals surface area (Å²) in [4.78, 5) is 0. The molecule has 0 spiro atoms. The molecule has 0 amide bonds. The third-order valence-electron chi connectivity index (χ3n) is 5.19. The molecule has 154 valence electrons. The van der Waals surface area contributed by atoms with Gasteiger partial charge in [0.05, 0.1) is 8.55 Å². The third-order valence-corrected chi connectivity index (χ3v) is 9.30. The van der Waals surface area contributed by atoms with Gasteiger partial charge < -0.3 is 9.84 Å². The summed E-state index contributed by atoms with van der Waals surface area (Å²) in [6, 6.07) is 17.5. The van der Waals surface area contributed by atoms with Gasteiger partial charge in [-0.1, -0.05) is 67.6 Å². The molecule has 0 fully saturated rings. The van der Waals surface area contributed by atoms with Crippen LogP contribution in [0.15, 0.2) is 52.7 Å². The van der Waals surface area contributed by atoms with Gasteiger partial charge in [0.1, 0.15) is 12.3 Å². The summed E-state index contributed by atoms with van der Waals surface area (Å²) in [5, 5.41) is 14.2. The minimum atomic E-state index is -1.12. The molecule has 29 heavy (non-hydrogen) atoms. The van der Waals surface area contributed by atoms with Crippen LogP contribution < -0.4 is 0 Å². The highest BCUT2D eigenvalue weighted by molar-refractivity contribution is 7.99. The van der Waals surface area contributed by atoms with E-state index in [0.717, 1.165) is 33.4 Å². The first-order valence-electron chi connectivity index (χ1n) is 9.77. The van der Waals surface area contributed by atoms with Gasteiger partial charge >= 0.3 is 0 Å². The minimum Gasteiger partial charge on any atom is -0.379 e. The van der Waals surface area contributed by atoms with Crippen LogP contribution in [-0.4, -0.2) is 37.4 Å². The number of fused-ring (bicyclic) bond motifs is 2. The molecule has 7 heteroatoms. The van der Waals surface area contributed by atoms with Crippen LogP contribution in [0.2, 0.25) is 30.0 Å². The second-order valence-electron chi connectivity index (χ2n) is 8.75. The lowest BCUT2D eigenvalue weighted by Gasteiger charge is -2.38. The molecule has 3 aromatic rings. The van der Waals surface area contributed by atoms with Crippen LogP contribution in [0.4, 0.5) is 0 Å². The van der Waals surface area contributed by atoms with E-state index in [1.165, 1.54) is 16.7 Å². The van der Waals surface area contributed by atoms with Gasteiger partial charge in [-0.15, -0.1) is 11.3 Å². The topological polar surface area (TPSA) is 32.7 Å². The molecule has 1 atom stereocenters. The van der Waals surface area contributed by atoms with Crippen molar-refractivity contribution >= 4 is 53.7 Å². The number of aliphatic hydroxyl groups is 1. The van der Waals surface area contributed by atoms with Gasteiger partial charge in [0.15, 0.2) is 0 Å². The van der Waals surface area contributed by atoms with E-state index in [0.29, 0.717) is 17.6 Å². The smallest absolute Gasteiger partial charge is 0.130 e. The molecule has 0 saturated carbocycles. The first kappa shape index (κ1) is 21.4. The maximum absolute atomic E-state index is 11.9. The Labute approximate surface area is 186 Å². The molecular weight excluding hydrogens is 438 g/mol.